The van der Waals surface area contributed by atoms with E-state index in [1.807, 2.05) is 0 Å². The molecule has 8 atom stereocenters. The lowest BCUT2D eigenvalue weighted by Gasteiger charge is -2.71. The zero-order valence-electron chi connectivity index (χ0n) is 27.9. The van der Waals surface area contributed by atoms with Crippen LogP contribution in [0.5, 0.6) is 0 Å². The van der Waals surface area contributed by atoms with Crippen LogP contribution in [0, 0.1) is 61.6 Å². The Balaban J connectivity index is 1.36. The fourth-order valence-electron chi connectivity index (χ4n) is 12.4. The maximum atomic E-state index is 14.8. The van der Waals surface area contributed by atoms with Crippen LogP contribution >= 0.6 is 0 Å². The van der Waals surface area contributed by atoms with E-state index in [0.29, 0.717) is 30.2 Å². The van der Waals surface area contributed by atoms with Crippen LogP contribution in [0.25, 0.3) is 0 Å². The maximum absolute atomic E-state index is 14.8. The SMILES string of the molecule is CC1(C)CC[C@]2(C(=O)N3CCCN(CC#N)CC3)CC[C@]3(C)C(=CC[C@@H]4[C@@]5(C)CC[C@H](O)C(C)(C)[C@@H]5CC[C@]43C)[C@H]2C1. The van der Waals surface area contributed by atoms with Gasteiger partial charge in [0.05, 0.1) is 24.1 Å². The van der Waals surface area contributed by atoms with Crippen molar-refractivity contribution in [2.24, 2.45) is 50.2 Å². The molecule has 5 fully saturated rings. The van der Waals surface area contributed by atoms with Gasteiger partial charge in [-0.2, -0.15) is 5.26 Å². The summed E-state index contributed by atoms with van der Waals surface area (Å²) in [6.07, 6.45) is 14.5. The third-order valence-corrected chi connectivity index (χ3v) is 15.2. The van der Waals surface area contributed by atoms with Crippen molar-refractivity contribution in [2.75, 3.05) is 32.7 Å². The van der Waals surface area contributed by atoms with Crippen molar-refractivity contribution < 1.29 is 9.90 Å². The molecule has 234 valence electrons. The Morgan fingerprint density at radius 2 is 1.67 bits per heavy atom. The summed E-state index contributed by atoms with van der Waals surface area (Å²) in [6.45, 7) is 21.2. The van der Waals surface area contributed by atoms with Gasteiger partial charge in [0.1, 0.15) is 0 Å². The molecule has 1 aliphatic heterocycles. The van der Waals surface area contributed by atoms with Crippen molar-refractivity contribution in [3.63, 3.8) is 0 Å². The standard InChI is InChI=1S/C37H59N3O2/c1-32(2)15-17-37(31(42)40-21-8-20-39(22-19-38)23-24-40)18-16-35(6)26(27(37)25-32)9-10-29-34(5)13-12-30(41)33(3,4)28(34)11-14-36(29,35)7/h9,27-30,41H,8,10-18,20-25H2,1-7H3/t27-,28+,29-,30+,34+,35-,36-,37+/m1/s1. The van der Waals surface area contributed by atoms with Gasteiger partial charge in [-0.25, -0.2) is 0 Å². The highest BCUT2D eigenvalue weighted by atomic mass is 16.3. The fourth-order valence-corrected chi connectivity index (χ4v) is 12.4. The fraction of sp³-hybridized carbons (Fsp3) is 0.892. The van der Waals surface area contributed by atoms with Crippen molar-refractivity contribution in [3.8, 4) is 6.07 Å². The van der Waals surface area contributed by atoms with E-state index in [0.717, 1.165) is 84.0 Å². The molecule has 6 rings (SSSR count). The van der Waals surface area contributed by atoms with Gasteiger partial charge in [-0.05, 0) is 115 Å². The van der Waals surface area contributed by atoms with E-state index in [2.05, 4.69) is 70.4 Å². The van der Waals surface area contributed by atoms with E-state index >= 15 is 0 Å². The summed E-state index contributed by atoms with van der Waals surface area (Å²) in [6, 6.07) is 2.32. The summed E-state index contributed by atoms with van der Waals surface area (Å²) in [7, 11) is 0. The zero-order valence-corrected chi connectivity index (χ0v) is 27.9. The lowest BCUT2D eigenvalue weighted by molar-refractivity contribution is -0.204. The molecule has 5 nitrogen and oxygen atoms in total. The molecule has 1 heterocycles. The Kier molecular flexibility index (Phi) is 7.34. The highest BCUT2D eigenvalue weighted by molar-refractivity contribution is 5.84. The molecular weight excluding hydrogens is 518 g/mol. The van der Waals surface area contributed by atoms with Crippen LogP contribution in [0.2, 0.25) is 0 Å². The predicted molar refractivity (Wildman–Crippen MR) is 168 cm³/mol. The van der Waals surface area contributed by atoms with Crippen molar-refractivity contribution in [1.29, 1.82) is 5.26 Å². The monoisotopic (exact) mass is 577 g/mol. The summed E-state index contributed by atoms with van der Waals surface area (Å²) in [5.41, 5.74) is 2.18. The largest absolute Gasteiger partial charge is 0.393 e. The third kappa shape index (κ3) is 4.23. The molecule has 0 aromatic heterocycles. The average molecular weight is 578 g/mol. The first-order valence-electron chi connectivity index (χ1n) is 17.4. The number of aliphatic hydroxyl groups is 1. The maximum Gasteiger partial charge on any atom is 0.229 e. The second kappa shape index (κ2) is 10.1. The Labute approximate surface area is 256 Å². The normalized spacial score (nSPS) is 46.5. The quantitative estimate of drug-likeness (QED) is 0.278. The Bertz CT molecular complexity index is 1170. The molecule has 5 heteroatoms. The summed E-state index contributed by atoms with van der Waals surface area (Å²) in [4.78, 5) is 19.2. The first kappa shape index (κ1) is 30.6. The van der Waals surface area contributed by atoms with Crippen LogP contribution in [-0.4, -0.2) is 59.6 Å². The van der Waals surface area contributed by atoms with E-state index in [9.17, 15) is 15.2 Å². The Morgan fingerprint density at radius 1 is 0.929 bits per heavy atom. The molecule has 1 N–H and O–H groups in total. The van der Waals surface area contributed by atoms with Crippen LogP contribution < -0.4 is 0 Å². The van der Waals surface area contributed by atoms with Crippen LogP contribution in [0.15, 0.2) is 11.6 Å². The second-order valence-electron chi connectivity index (χ2n) is 17.8. The summed E-state index contributed by atoms with van der Waals surface area (Å²) in [5.74, 6) is 1.95. The lowest BCUT2D eigenvalue weighted by Crippen LogP contribution is -2.65. The molecule has 0 aromatic rings. The number of nitrogens with zero attached hydrogens (tertiary/aromatic N) is 3. The van der Waals surface area contributed by atoms with Gasteiger partial charge in [0.25, 0.3) is 0 Å². The number of hydrogen-bond acceptors (Lipinski definition) is 4. The molecular formula is C37H59N3O2. The number of aliphatic hydroxyl groups excluding tert-OH is 1. The van der Waals surface area contributed by atoms with Crippen LogP contribution in [-0.2, 0) is 4.79 Å². The highest BCUT2D eigenvalue weighted by Crippen LogP contribution is 2.75. The summed E-state index contributed by atoms with van der Waals surface area (Å²) < 4.78 is 0. The van der Waals surface area contributed by atoms with Crippen molar-refractivity contribution in [1.82, 2.24) is 9.80 Å². The van der Waals surface area contributed by atoms with E-state index in [-0.39, 0.29) is 38.6 Å². The first-order chi connectivity index (χ1) is 19.6. The van der Waals surface area contributed by atoms with Crippen LogP contribution in [0.4, 0.5) is 0 Å². The molecule has 4 saturated carbocycles. The Morgan fingerprint density at radius 3 is 2.40 bits per heavy atom. The van der Waals surface area contributed by atoms with Gasteiger partial charge in [0, 0.05) is 26.2 Å². The predicted octanol–water partition coefficient (Wildman–Crippen LogP) is 7.21. The molecule has 0 radical (unpaired) electrons. The van der Waals surface area contributed by atoms with Gasteiger partial charge in [0.2, 0.25) is 5.91 Å². The van der Waals surface area contributed by atoms with Gasteiger partial charge in [-0.1, -0.05) is 60.1 Å². The van der Waals surface area contributed by atoms with Crippen LogP contribution in [0.3, 0.4) is 0 Å². The molecule has 0 aromatic carbocycles. The number of rotatable bonds is 2. The van der Waals surface area contributed by atoms with Gasteiger partial charge in [0.15, 0.2) is 0 Å². The van der Waals surface area contributed by atoms with Gasteiger partial charge < -0.3 is 10.0 Å². The number of allylic oxidation sites excluding steroid dienone is 2. The lowest BCUT2D eigenvalue weighted by atomic mass is 9.33. The minimum atomic E-state index is -0.271. The van der Waals surface area contributed by atoms with E-state index in [1.165, 1.54) is 12.8 Å². The number of carbonyl (C=O) groups excluding carboxylic acids is 1. The first-order valence-corrected chi connectivity index (χ1v) is 17.4. The second-order valence-corrected chi connectivity index (χ2v) is 17.8. The van der Waals surface area contributed by atoms with E-state index in [4.69, 9.17) is 0 Å². The molecule has 42 heavy (non-hydrogen) atoms. The van der Waals surface area contributed by atoms with Crippen LogP contribution in [0.1, 0.15) is 119 Å². The molecule has 0 bridgehead atoms. The summed E-state index contributed by atoms with van der Waals surface area (Å²) >= 11 is 0. The van der Waals surface area contributed by atoms with Gasteiger partial charge >= 0.3 is 0 Å². The summed E-state index contributed by atoms with van der Waals surface area (Å²) in [5, 5.41) is 20.3. The molecule has 0 unspecified atom stereocenters. The zero-order chi connectivity index (χ0) is 30.3. The number of fused-ring (bicyclic) bond motifs is 7. The van der Waals surface area contributed by atoms with E-state index in [1.54, 1.807) is 5.57 Å². The minimum absolute atomic E-state index is 0.0310. The van der Waals surface area contributed by atoms with Gasteiger partial charge in [-0.3, -0.25) is 9.69 Å². The molecule has 1 amide bonds. The van der Waals surface area contributed by atoms with Gasteiger partial charge in [-0.15, -0.1) is 0 Å². The van der Waals surface area contributed by atoms with E-state index < -0.39 is 0 Å². The number of nitriles is 1. The number of hydrogen-bond donors (Lipinski definition) is 1. The average Bonchev–Trinajstić information content (AvgIpc) is 3.16. The van der Waals surface area contributed by atoms with Crippen molar-refractivity contribution in [2.45, 2.75) is 125 Å². The number of carbonyl (C=O) groups is 1. The molecule has 5 aliphatic carbocycles. The topological polar surface area (TPSA) is 67.6 Å². The molecule has 0 spiro atoms. The highest BCUT2D eigenvalue weighted by Gasteiger charge is 2.69. The molecule has 1 saturated heterocycles. The Hall–Kier alpha value is -1.38. The third-order valence-electron chi connectivity index (χ3n) is 15.2. The van der Waals surface area contributed by atoms with Crippen molar-refractivity contribution in [3.05, 3.63) is 11.6 Å². The van der Waals surface area contributed by atoms with Crippen molar-refractivity contribution >= 4 is 5.91 Å². The number of amides is 1. The minimum Gasteiger partial charge on any atom is -0.393 e. The molecule has 6 aliphatic rings. The smallest absolute Gasteiger partial charge is 0.229 e.